The number of hydrogen-bond donors (Lipinski definition) is 1. The average molecular weight is 620 g/mol. The molecule has 0 aliphatic heterocycles. The third kappa shape index (κ3) is 15.2. The number of esters is 1. The Morgan fingerprint density at radius 2 is 1.40 bits per heavy atom. The second-order valence-electron chi connectivity index (χ2n) is 10.3. The smallest absolute Gasteiger partial charge is 0.331 e. The first-order valence-electron chi connectivity index (χ1n) is 15.1. The lowest BCUT2D eigenvalue weighted by atomic mass is 10.1. The van der Waals surface area contributed by atoms with Gasteiger partial charge >= 0.3 is 5.97 Å². The molecule has 1 N–H and O–H groups in total. The standard InChI is InChI=1S/C33H49NO8S/c1-5-6-7-8-9-10-11-12-13-14-23-43(36,37)34-25-30(26-41-29-20-21-31(39-3)32(24-29)40-4)42-33(35)22-17-27-15-18-28(38-2)19-16-27/h15-22,24,30,34H,5-14,23,25-26H2,1-4H3/b22-17+. The number of methoxy groups -OCH3 is 3. The van der Waals surface area contributed by atoms with Gasteiger partial charge in [-0.3, -0.25) is 0 Å². The number of ether oxygens (including phenoxy) is 5. The Morgan fingerprint density at radius 1 is 0.791 bits per heavy atom. The molecule has 0 radical (unpaired) electrons. The predicted molar refractivity (Wildman–Crippen MR) is 171 cm³/mol. The van der Waals surface area contributed by atoms with E-state index < -0.39 is 22.1 Å². The SMILES string of the molecule is CCCCCCCCCCCCS(=O)(=O)NCC(COc1ccc(OC)c(OC)c1)OC(=O)/C=C/c1ccc(OC)cc1. The van der Waals surface area contributed by atoms with Crippen molar-refractivity contribution in [3.63, 3.8) is 0 Å². The van der Waals surface area contributed by atoms with Crippen LogP contribution in [0.1, 0.15) is 76.7 Å². The van der Waals surface area contributed by atoms with Gasteiger partial charge in [0.25, 0.3) is 0 Å². The third-order valence-corrected chi connectivity index (χ3v) is 8.33. The highest BCUT2D eigenvalue weighted by Gasteiger charge is 2.19. The molecule has 9 nitrogen and oxygen atoms in total. The van der Waals surface area contributed by atoms with E-state index >= 15 is 0 Å². The molecule has 2 rings (SSSR count). The highest BCUT2D eigenvalue weighted by Crippen LogP contribution is 2.31. The lowest BCUT2D eigenvalue weighted by molar-refractivity contribution is -0.144. The fraction of sp³-hybridized carbons (Fsp3) is 0.545. The Morgan fingerprint density at radius 3 is 2.00 bits per heavy atom. The molecule has 2 aromatic rings. The zero-order valence-electron chi connectivity index (χ0n) is 26.1. The highest BCUT2D eigenvalue weighted by molar-refractivity contribution is 7.89. The minimum absolute atomic E-state index is 0.0259. The predicted octanol–water partition coefficient (Wildman–Crippen LogP) is 6.56. The number of sulfonamides is 1. The zero-order valence-corrected chi connectivity index (χ0v) is 27.0. The largest absolute Gasteiger partial charge is 0.497 e. The maximum absolute atomic E-state index is 12.7. The lowest BCUT2D eigenvalue weighted by Gasteiger charge is -2.19. The van der Waals surface area contributed by atoms with Gasteiger partial charge in [0.15, 0.2) is 11.5 Å². The lowest BCUT2D eigenvalue weighted by Crippen LogP contribution is -2.39. The molecule has 10 heteroatoms. The number of benzene rings is 2. The van der Waals surface area contributed by atoms with Crippen molar-refractivity contribution in [1.29, 1.82) is 0 Å². The Kier molecular flexibility index (Phi) is 17.2. The van der Waals surface area contributed by atoms with E-state index in [1.165, 1.54) is 58.8 Å². The number of carbonyl (C=O) groups is 1. The van der Waals surface area contributed by atoms with Crippen LogP contribution in [0.15, 0.2) is 48.5 Å². The van der Waals surface area contributed by atoms with Crippen molar-refractivity contribution in [2.45, 2.75) is 77.2 Å². The molecule has 2 aromatic carbocycles. The van der Waals surface area contributed by atoms with Crippen LogP contribution in [0.4, 0.5) is 0 Å². The van der Waals surface area contributed by atoms with Crippen LogP contribution >= 0.6 is 0 Å². The molecule has 0 aliphatic rings. The molecule has 0 amide bonds. The summed E-state index contributed by atoms with van der Waals surface area (Å²) in [4.78, 5) is 12.6. The van der Waals surface area contributed by atoms with Gasteiger partial charge in [0.1, 0.15) is 24.2 Å². The summed E-state index contributed by atoms with van der Waals surface area (Å²) in [5.41, 5.74) is 0.785. The van der Waals surface area contributed by atoms with Crippen molar-refractivity contribution in [3.05, 3.63) is 54.1 Å². The number of carbonyl (C=O) groups excluding carboxylic acids is 1. The minimum Gasteiger partial charge on any atom is -0.497 e. The van der Waals surface area contributed by atoms with Crippen molar-refractivity contribution in [1.82, 2.24) is 4.72 Å². The molecule has 0 bridgehead atoms. The average Bonchev–Trinajstić information content (AvgIpc) is 3.02. The fourth-order valence-corrected chi connectivity index (χ4v) is 5.55. The molecule has 0 saturated heterocycles. The molecule has 43 heavy (non-hydrogen) atoms. The van der Waals surface area contributed by atoms with E-state index in [-0.39, 0.29) is 18.9 Å². The van der Waals surface area contributed by atoms with Crippen LogP contribution in [-0.4, -0.2) is 60.7 Å². The van der Waals surface area contributed by atoms with Gasteiger partial charge in [0.05, 0.1) is 33.6 Å². The molecule has 0 saturated carbocycles. The third-order valence-electron chi connectivity index (χ3n) is 6.90. The van der Waals surface area contributed by atoms with Crippen molar-refractivity contribution >= 4 is 22.1 Å². The first kappa shape index (κ1) is 36.0. The van der Waals surface area contributed by atoms with Crippen LogP contribution in [-0.2, 0) is 19.6 Å². The maximum Gasteiger partial charge on any atom is 0.331 e. The molecule has 0 spiro atoms. The van der Waals surface area contributed by atoms with Gasteiger partial charge in [0.2, 0.25) is 10.0 Å². The van der Waals surface area contributed by atoms with Gasteiger partial charge in [-0.05, 0) is 42.3 Å². The van der Waals surface area contributed by atoms with Gasteiger partial charge in [-0.2, -0.15) is 0 Å². The number of nitrogens with one attached hydrogen (secondary N) is 1. The zero-order chi connectivity index (χ0) is 31.3. The van der Waals surface area contributed by atoms with Crippen molar-refractivity contribution < 1.29 is 36.9 Å². The molecular formula is C33H49NO8S. The van der Waals surface area contributed by atoms with Gasteiger partial charge < -0.3 is 23.7 Å². The normalized spacial score (nSPS) is 12.2. The highest BCUT2D eigenvalue weighted by atomic mass is 32.2. The number of unbranched alkanes of at least 4 members (excludes halogenated alkanes) is 9. The maximum atomic E-state index is 12.7. The number of hydrogen-bond acceptors (Lipinski definition) is 8. The van der Waals surface area contributed by atoms with Crippen LogP contribution in [0.3, 0.4) is 0 Å². The molecule has 1 atom stereocenters. The second-order valence-corrected chi connectivity index (χ2v) is 12.3. The van der Waals surface area contributed by atoms with Crippen LogP contribution in [0.25, 0.3) is 6.08 Å². The van der Waals surface area contributed by atoms with Crippen LogP contribution in [0, 0.1) is 0 Å². The summed E-state index contributed by atoms with van der Waals surface area (Å²) in [6, 6.07) is 12.2. The first-order chi connectivity index (χ1) is 20.8. The van der Waals surface area contributed by atoms with E-state index in [0.717, 1.165) is 24.8 Å². The number of rotatable bonds is 23. The molecule has 240 valence electrons. The molecule has 1 unspecified atom stereocenters. The molecular weight excluding hydrogens is 570 g/mol. The van der Waals surface area contributed by atoms with Crippen molar-refractivity contribution in [2.24, 2.45) is 0 Å². The Balaban J connectivity index is 1.91. The van der Waals surface area contributed by atoms with Crippen LogP contribution < -0.4 is 23.7 Å². The quantitative estimate of drug-likeness (QED) is 0.0847. The van der Waals surface area contributed by atoms with E-state index in [9.17, 15) is 13.2 Å². The van der Waals surface area contributed by atoms with Gasteiger partial charge in [-0.25, -0.2) is 17.9 Å². The summed E-state index contributed by atoms with van der Waals surface area (Å²) >= 11 is 0. The van der Waals surface area contributed by atoms with E-state index in [4.69, 9.17) is 23.7 Å². The Bertz CT molecular complexity index is 1200. The minimum atomic E-state index is -3.55. The Hall–Kier alpha value is -3.24. The van der Waals surface area contributed by atoms with E-state index in [0.29, 0.717) is 29.4 Å². The summed E-state index contributed by atoms with van der Waals surface area (Å²) in [6.07, 6.45) is 13.2. The monoisotopic (exact) mass is 619 g/mol. The first-order valence-corrected chi connectivity index (χ1v) is 16.8. The summed E-state index contributed by atoms with van der Waals surface area (Å²) in [5.74, 6) is 1.59. The summed E-state index contributed by atoms with van der Waals surface area (Å²) in [5, 5.41) is 0. The fourth-order valence-electron chi connectivity index (χ4n) is 4.38. The van der Waals surface area contributed by atoms with E-state index in [1.54, 1.807) is 43.5 Å². The molecule has 0 heterocycles. The summed E-state index contributed by atoms with van der Waals surface area (Å²) < 4.78 is 55.1. The summed E-state index contributed by atoms with van der Waals surface area (Å²) in [6.45, 7) is 2.03. The topological polar surface area (TPSA) is 109 Å². The van der Waals surface area contributed by atoms with Crippen LogP contribution in [0.2, 0.25) is 0 Å². The van der Waals surface area contributed by atoms with Crippen molar-refractivity contribution in [2.75, 3.05) is 40.2 Å². The summed E-state index contributed by atoms with van der Waals surface area (Å²) in [7, 11) is 1.09. The van der Waals surface area contributed by atoms with Crippen molar-refractivity contribution in [3.8, 4) is 23.0 Å². The molecule has 0 aromatic heterocycles. The van der Waals surface area contributed by atoms with E-state index in [1.807, 2.05) is 12.1 Å². The van der Waals surface area contributed by atoms with Crippen LogP contribution in [0.5, 0.6) is 23.0 Å². The Labute approximate surface area is 258 Å². The second kappa shape index (κ2) is 20.6. The molecule has 0 fully saturated rings. The van der Waals surface area contributed by atoms with Gasteiger partial charge in [-0.1, -0.05) is 76.8 Å². The van der Waals surface area contributed by atoms with Gasteiger partial charge in [-0.15, -0.1) is 0 Å². The molecule has 0 aliphatic carbocycles. The van der Waals surface area contributed by atoms with Gasteiger partial charge in [0, 0.05) is 12.1 Å². The van der Waals surface area contributed by atoms with E-state index in [2.05, 4.69) is 11.6 Å².